The Morgan fingerprint density at radius 1 is 0.590 bits per heavy atom. The van der Waals surface area contributed by atoms with Crippen LogP contribution in [-0.4, -0.2) is 18.4 Å². The van der Waals surface area contributed by atoms with E-state index >= 15 is 0 Å². The van der Waals surface area contributed by atoms with Crippen molar-refractivity contribution in [3.05, 3.63) is 131 Å². The minimum Gasteiger partial charge on any atom is -0.462 e. The number of carbonyl (C=O) groups excluding carboxylic acids is 2. The summed E-state index contributed by atoms with van der Waals surface area (Å²) in [5.41, 5.74) is 7.71. The maximum atomic E-state index is 13.2. The molecule has 0 aromatic heterocycles. The Hall–Kier alpha value is -4.47. The Labute approximate surface area is 233 Å². The van der Waals surface area contributed by atoms with Crippen molar-refractivity contribution in [2.75, 3.05) is 6.61 Å². The van der Waals surface area contributed by atoms with Gasteiger partial charge >= 0.3 is 5.97 Å². The summed E-state index contributed by atoms with van der Waals surface area (Å²) in [5, 5.41) is 0.489. The molecule has 0 aliphatic heterocycles. The first kappa shape index (κ1) is 26.1. The van der Waals surface area contributed by atoms with Crippen LogP contribution < -0.4 is 0 Å². The third-order valence-electron chi connectivity index (χ3n) is 6.65. The van der Waals surface area contributed by atoms with E-state index in [-0.39, 0.29) is 12.4 Å². The number of ketones is 1. The summed E-state index contributed by atoms with van der Waals surface area (Å²) in [4.78, 5) is 26.3. The van der Waals surface area contributed by atoms with Crippen molar-refractivity contribution in [1.82, 2.24) is 0 Å². The molecule has 0 bridgehead atoms. The molecule has 0 amide bonds. The lowest BCUT2D eigenvalue weighted by molar-refractivity contribution is 0.0527. The molecule has 3 nitrogen and oxygen atoms in total. The molecule has 0 aliphatic carbocycles. The van der Waals surface area contributed by atoms with Crippen LogP contribution in [-0.2, 0) is 4.74 Å². The van der Waals surface area contributed by atoms with E-state index in [1.807, 2.05) is 54.6 Å². The van der Waals surface area contributed by atoms with Gasteiger partial charge in [-0.2, -0.15) is 0 Å². The van der Waals surface area contributed by atoms with Crippen LogP contribution in [0.5, 0.6) is 0 Å². The van der Waals surface area contributed by atoms with Crippen molar-refractivity contribution >= 4 is 23.4 Å². The van der Waals surface area contributed by atoms with Gasteiger partial charge in [0.25, 0.3) is 0 Å². The molecule has 0 N–H and O–H groups in total. The van der Waals surface area contributed by atoms with Crippen LogP contribution in [0.25, 0.3) is 44.5 Å². The number of carbonyl (C=O) groups is 2. The van der Waals surface area contributed by atoms with Gasteiger partial charge in [-0.3, -0.25) is 4.79 Å². The molecule has 0 heterocycles. The smallest absolute Gasteiger partial charge is 0.338 e. The SMILES string of the molecule is CCOC(=O)c1cc(-c2cc(-c3ccccc3)cc(-c3ccccc3)c2)c(C(C)=O)cc1-c1ccccc1Cl. The number of benzene rings is 5. The number of ether oxygens (including phenoxy) is 1. The number of hydrogen-bond acceptors (Lipinski definition) is 3. The summed E-state index contributed by atoms with van der Waals surface area (Å²) in [6, 6.07) is 37.3. The molecule has 5 aromatic rings. The Bertz CT molecular complexity index is 1600. The predicted molar refractivity (Wildman–Crippen MR) is 159 cm³/mol. The van der Waals surface area contributed by atoms with Crippen molar-refractivity contribution in [2.45, 2.75) is 13.8 Å². The number of rotatable bonds is 7. The Kier molecular flexibility index (Phi) is 7.72. The second-order valence-electron chi connectivity index (χ2n) is 9.23. The van der Waals surface area contributed by atoms with Gasteiger partial charge in [0.05, 0.1) is 12.2 Å². The van der Waals surface area contributed by atoms with Crippen LogP contribution in [0.4, 0.5) is 0 Å². The molecule has 0 fully saturated rings. The van der Waals surface area contributed by atoms with Crippen LogP contribution in [0, 0.1) is 0 Å². The fourth-order valence-electron chi connectivity index (χ4n) is 4.79. The molecule has 0 radical (unpaired) electrons. The molecule has 0 unspecified atom stereocenters. The monoisotopic (exact) mass is 530 g/mol. The summed E-state index contributed by atoms with van der Waals surface area (Å²) >= 11 is 6.54. The van der Waals surface area contributed by atoms with E-state index in [0.717, 1.165) is 27.8 Å². The largest absolute Gasteiger partial charge is 0.462 e. The van der Waals surface area contributed by atoms with Gasteiger partial charge in [-0.05, 0) is 89.2 Å². The van der Waals surface area contributed by atoms with Crippen LogP contribution in [0.2, 0.25) is 5.02 Å². The van der Waals surface area contributed by atoms with E-state index in [0.29, 0.717) is 32.8 Å². The molecule has 0 atom stereocenters. The average Bonchev–Trinajstić information content (AvgIpc) is 2.97. The fraction of sp³-hybridized carbons (Fsp3) is 0.0857. The molecule has 39 heavy (non-hydrogen) atoms. The van der Waals surface area contributed by atoms with E-state index in [1.165, 1.54) is 0 Å². The van der Waals surface area contributed by atoms with E-state index in [9.17, 15) is 9.59 Å². The minimum absolute atomic E-state index is 0.111. The van der Waals surface area contributed by atoms with Gasteiger partial charge in [-0.15, -0.1) is 0 Å². The van der Waals surface area contributed by atoms with Crippen LogP contribution in [0.1, 0.15) is 34.6 Å². The van der Waals surface area contributed by atoms with Gasteiger partial charge in [0.2, 0.25) is 0 Å². The lowest BCUT2D eigenvalue weighted by atomic mass is 9.87. The molecule has 0 spiro atoms. The van der Waals surface area contributed by atoms with Gasteiger partial charge in [0.1, 0.15) is 0 Å². The van der Waals surface area contributed by atoms with Crippen LogP contribution in [0.15, 0.2) is 115 Å². The topological polar surface area (TPSA) is 43.4 Å². The molecule has 0 saturated heterocycles. The zero-order chi connectivity index (χ0) is 27.4. The van der Waals surface area contributed by atoms with Gasteiger partial charge in [-0.1, -0.05) is 90.5 Å². The highest BCUT2D eigenvalue weighted by Crippen LogP contribution is 2.39. The van der Waals surface area contributed by atoms with Crippen molar-refractivity contribution in [3.63, 3.8) is 0 Å². The van der Waals surface area contributed by atoms with E-state index in [2.05, 4.69) is 42.5 Å². The van der Waals surface area contributed by atoms with Crippen molar-refractivity contribution in [1.29, 1.82) is 0 Å². The van der Waals surface area contributed by atoms with Crippen molar-refractivity contribution in [3.8, 4) is 44.5 Å². The van der Waals surface area contributed by atoms with Gasteiger partial charge in [0.15, 0.2) is 5.78 Å². The number of halogens is 1. The molecule has 5 rings (SSSR count). The standard InChI is InChI=1S/C35H27ClO3/c1-3-39-35(38)33-22-31(30(23(2)37)21-32(33)29-16-10-11-17-34(29)36)28-19-26(24-12-6-4-7-13-24)18-27(20-28)25-14-8-5-9-15-25/h4-22H,3H2,1-2H3. The summed E-state index contributed by atoms with van der Waals surface area (Å²) in [7, 11) is 0. The summed E-state index contributed by atoms with van der Waals surface area (Å²) in [6.45, 7) is 3.54. The van der Waals surface area contributed by atoms with Gasteiger partial charge in [0, 0.05) is 16.1 Å². The Morgan fingerprint density at radius 2 is 1.10 bits per heavy atom. The Morgan fingerprint density at radius 3 is 1.64 bits per heavy atom. The highest BCUT2D eigenvalue weighted by atomic mass is 35.5. The number of esters is 1. The molecular weight excluding hydrogens is 504 g/mol. The molecular formula is C35H27ClO3. The van der Waals surface area contributed by atoms with Crippen LogP contribution in [0.3, 0.4) is 0 Å². The van der Waals surface area contributed by atoms with E-state index in [1.54, 1.807) is 32.0 Å². The first-order valence-electron chi connectivity index (χ1n) is 12.8. The van der Waals surface area contributed by atoms with E-state index < -0.39 is 5.97 Å². The van der Waals surface area contributed by atoms with Crippen LogP contribution >= 0.6 is 11.6 Å². The quantitative estimate of drug-likeness (QED) is 0.155. The summed E-state index contributed by atoms with van der Waals surface area (Å²) in [5.74, 6) is -0.577. The maximum Gasteiger partial charge on any atom is 0.338 e. The average molecular weight is 531 g/mol. The molecule has 0 saturated carbocycles. The molecule has 5 aromatic carbocycles. The number of Topliss-reactive ketones (excluding diaryl/α,β-unsaturated/α-hetero) is 1. The minimum atomic E-state index is -0.466. The lowest BCUT2D eigenvalue weighted by Crippen LogP contribution is -2.09. The van der Waals surface area contributed by atoms with E-state index in [4.69, 9.17) is 16.3 Å². The van der Waals surface area contributed by atoms with Gasteiger partial charge in [-0.25, -0.2) is 4.79 Å². The highest BCUT2D eigenvalue weighted by Gasteiger charge is 2.22. The summed E-state index contributed by atoms with van der Waals surface area (Å²) in [6.07, 6.45) is 0. The van der Waals surface area contributed by atoms with Crippen molar-refractivity contribution in [2.24, 2.45) is 0 Å². The number of hydrogen-bond donors (Lipinski definition) is 0. The third kappa shape index (κ3) is 5.55. The first-order chi connectivity index (χ1) is 19.0. The third-order valence-corrected chi connectivity index (χ3v) is 6.98. The fourth-order valence-corrected chi connectivity index (χ4v) is 5.03. The van der Waals surface area contributed by atoms with Crippen molar-refractivity contribution < 1.29 is 14.3 Å². The van der Waals surface area contributed by atoms with Gasteiger partial charge < -0.3 is 4.74 Å². The lowest BCUT2D eigenvalue weighted by Gasteiger charge is -2.18. The normalized spacial score (nSPS) is 10.7. The second-order valence-corrected chi connectivity index (χ2v) is 9.64. The zero-order valence-corrected chi connectivity index (χ0v) is 22.5. The summed E-state index contributed by atoms with van der Waals surface area (Å²) < 4.78 is 5.44. The zero-order valence-electron chi connectivity index (χ0n) is 21.8. The predicted octanol–water partition coefficient (Wildman–Crippen LogP) is 9.39. The Balaban J connectivity index is 1.81. The molecule has 4 heteroatoms. The maximum absolute atomic E-state index is 13.2. The highest BCUT2D eigenvalue weighted by molar-refractivity contribution is 6.33. The molecule has 0 aliphatic rings. The molecule has 192 valence electrons. The second kappa shape index (κ2) is 11.5. The first-order valence-corrected chi connectivity index (χ1v) is 13.2.